The molecule has 1 heterocycles. The fourth-order valence-electron chi connectivity index (χ4n) is 2.71. The quantitative estimate of drug-likeness (QED) is 0.863. The van der Waals surface area contributed by atoms with Crippen LogP contribution in [0.4, 0.5) is 10.1 Å². The average molecular weight is 279 g/mol. The zero-order valence-corrected chi connectivity index (χ0v) is 12.7. The molecule has 0 bridgehead atoms. The molecule has 1 saturated heterocycles. The molecule has 20 heavy (non-hydrogen) atoms. The van der Waals surface area contributed by atoms with E-state index in [1.165, 1.54) is 6.42 Å². The fraction of sp³-hybridized carbons (Fsp3) is 0.625. The Morgan fingerprint density at radius 3 is 2.50 bits per heavy atom. The van der Waals surface area contributed by atoms with Crippen LogP contribution >= 0.6 is 0 Å². The van der Waals surface area contributed by atoms with Gasteiger partial charge in [0, 0.05) is 32.7 Å². The van der Waals surface area contributed by atoms with Gasteiger partial charge in [-0.1, -0.05) is 19.9 Å². The van der Waals surface area contributed by atoms with Gasteiger partial charge in [0.1, 0.15) is 5.82 Å². The summed E-state index contributed by atoms with van der Waals surface area (Å²) < 4.78 is 14.2. The normalized spacial score (nSPS) is 16.6. The van der Waals surface area contributed by atoms with Crippen molar-refractivity contribution in [1.29, 1.82) is 0 Å². The van der Waals surface area contributed by atoms with Crippen LogP contribution in [0.2, 0.25) is 0 Å². The molecule has 3 nitrogen and oxygen atoms in total. The van der Waals surface area contributed by atoms with E-state index in [1.54, 1.807) is 6.07 Å². The maximum atomic E-state index is 14.2. The molecular formula is C16H26FN3. The van der Waals surface area contributed by atoms with Crippen molar-refractivity contribution in [2.45, 2.75) is 26.8 Å². The second-order valence-electron chi connectivity index (χ2n) is 5.39. The lowest BCUT2D eigenvalue weighted by Gasteiger charge is -2.36. The summed E-state index contributed by atoms with van der Waals surface area (Å²) in [7, 11) is 0. The summed E-state index contributed by atoms with van der Waals surface area (Å²) in [5.74, 6) is -0.0932. The van der Waals surface area contributed by atoms with Gasteiger partial charge in [-0.05, 0) is 37.2 Å². The van der Waals surface area contributed by atoms with E-state index < -0.39 is 0 Å². The third kappa shape index (κ3) is 3.93. The van der Waals surface area contributed by atoms with Gasteiger partial charge in [-0.2, -0.15) is 0 Å². The van der Waals surface area contributed by atoms with E-state index in [-0.39, 0.29) is 5.82 Å². The Morgan fingerprint density at radius 2 is 1.90 bits per heavy atom. The number of benzene rings is 1. The lowest BCUT2D eigenvalue weighted by atomic mass is 10.1. The second-order valence-corrected chi connectivity index (χ2v) is 5.39. The molecule has 0 spiro atoms. The number of nitrogens with one attached hydrogen (secondary N) is 1. The number of rotatable bonds is 6. The predicted octanol–water partition coefficient (Wildman–Crippen LogP) is 2.47. The molecular weight excluding hydrogens is 253 g/mol. The van der Waals surface area contributed by atoms with Crippen LogP contribution in [-0.4, -0.2) is 44.2 Å². The van der Waals surface area contributed by atoms with E-state index in [2.05, 4.69) is 29.0 Å². The summed E-state index contributed by atoms with van der Waals surface area (Å²) in [5.41, 5.74) is 1.76. The summed E-state index contributed by atoms with van der Waals surface area (Å²) in [6, 6.07) is 5.62. The second kappa shape index (κ2) is 7.60. The zero-order chi connectivity index (χ0) is 14.4. The topological polar surface area (TPSA) is 18.5 Å². The van der Waals surface area contributed by atoms with Gasteiger partial charge in [0.05, 0.1) is 5.69 Å². The van der Waals surface area contributed by atoms with Crippen molar-refractivity contribution in [3.8, 4) is 0 Å². The highest BCUT2D eigenvalue weighted by atomic mass is 19.1. The molecule has 0 saturated carbocycles. The summed E-state index contributed by atoms with van der Waals surface area (Å²) in [6.07, 6.45) is 1.19. The van der Waals surface area contributed by atoms with Crippen LogP contribution in [0.5, 0.6) is 0 Å². The van der Waals surface area contributed by atoms with Gasteiger partial charge < -0.3 is 10.2 Å². The van der Waals surface area contributed by atoms with E-state index in [1.807, 2.05) is 12.1 Å². The summed E-state index contributed by atoms with van der Waals surface area (Å²) in [4.78, 5) is 4.62. The fourth-order valence-corrected chi connectivity index (χ4v) is 2.71. The highest BCUT2D eigenvalue weighted by Gasteiger charge is 2.18. The number of hydrogen-bond acceptors (Lipinski definition) is 3. The lowest BCUT2D eigenvalue weighted by Crippen LogP contribution is -2.46. The van der Waals surface area contributed by atoms with E-state index in [0.717, 1.165) is 57.1 Å². The third-order valence-corrected chi connectivity index (χ3v) is 3.84. The highest BCUT2D eigenvalue weighted by Crippen LogP contribution is 2.22. The van der Waals surface area contributed by atoms with Gasteiger partial charge in [0.25, 0.3) is 0 Å². The van der Waals surface area contributed by atoms with Crippen LogP contribution in [0.25, 0.3) is 0 Å². The van der Waals surface area contributed by atoms with Crippen molar-refractivity contribution in [3.05, 3.63) is 29.6 Å². The molecule has 0 atom stereocenters. The van der Waals surface area contributed by atoms with Crippen molar-refractivity contribution in [3.63, 3.8) is 0 Å². The molecule has 1 aromatic carbocycles. The summed E-state index contributed by atoms with van der Waals surface area (Å²) in [5, 5.41) is 3.22. The number of nitrogens with zero attached hydrogens (tertiary/aromatic N) is 2. The Kier molecular flexibility index (Phi) is 5.80. The van der Waals surface area contributed by atoms with Crippen LogP contribution in [0, 0.1) is 5.82 Å². The van der Waals surface area contributed by atoms with Crippen molar-refractivity contribution >= 4 is 5.69 Å². The lowest BCUT2D eigenvalue weighted by molar-refractivity contribution is 0.258. The molecule has 0 aromatic heterocycles. The van der Waals surface area contributed by atoms with Crippen LogP contribution in [0.15, 0.2) is 18.2 Å². The van der Waals surface area contributed by atoms with Crippen molar-refractivity contribution < 1.29 is 4.39 Å². The molecule has 1 N–H and O–H groups in total. The number of piperazine rings is 1. The molecule has 1 aromatic rings. The first kappa shape index (κ1) is 15.3. The monoisotopic (exact) mass is 279 g/mol. The Labute approximate surface area is 121 Å². The predicted molar refractivity (Wildman–Crippen MR) is 82.7 cm³/mol. The molecule has 0 unspecified atom stereocenters. The van der Waals surface area contributed by atoms with E-state index in [0.29, 0.717) is 0 Å². The van der Waals surface area contributed by atoms with Gasteiger partial charge in [-0.25, -0.2) is 4.39 Å². The Morgan fingerprint density at radius 1 is 1.15 bits per heavy atom. The van der Waals surface area contributed by atoms with Gasteiger partial charge in [0.2, 0.25) is 0 Å². The average Bonchev–Trinajstić information content (AvgIpc) is 2.47. The Bertz CT molecular complexity index is 414. The smallest absolute Gasteiger partial charge is 0.146 e. The van der Waals surface area contributed by atoms with E-state index in [9.17, 15) is 4.39 Å². The van der Waals surface area contributed by atoms with Crippen LogP contribution in [0.1, 0.15) is 25.8 Å². The maximum Gasteiger partial charge on any atom is 0.146 e. The van der Waals surface area contributed by atoms with E-state index >= 15 is 0 Å². The largest absolute Gasteiger partial charge is 0.367 e. The van der Waals surface area contributed by atoms with Gasteiger partial charge >= 0.3 is 0 Å². The van der Waals surface area contributed by atoms with Gasteiger partial charge in [-0.15, -0.1) is 0 Å². The summed E-state index contributed by atoms with van der Waals surface area (Å²) in [6.45, 7) is 11.0. The third-order valence-electron chi connectivity index (χ3n) is 3.84. The first-order chi connectivity index (χ1) is 9.74. The Balaban J connectivity index is 1.96. The SMILES string of the molecule is CCCN1CCN(c2ccc(CNCC)cc2F)CC1. The Hall–Kier alpha value is -1.13. The van der Waals surface area contributed by atoms with Crippen molar-refractivity contribution in [2.75, 3.05) is 44.2 Å². The number of hydrogen-bond donors (Lipinski definition) is 1. The zero-order valence-electron chi connectivity index (χ0n) is 12.7. The highest BCUT2D eigenvalue weighted by molar-refractivity contribution is 5.49. The molecule has 0 aliphatic carbocycles. The maximum absolute atomic E-state index is 14.2. The van der Waals surface area contributed by atoms with Crippen molar-refractivity contribution in [1.82, 2.24) is 10.2 Å². The first-order valence-corrected chi connectivity index (χ1v) is 7.71. The first-order valence-electron chi connectivity index (χ1n) is 7.71. The van der Waals surface area contributed by atoms with Crippen LogP contribution in [-0.2, 0) is 6.54 Å². The molecule has 0 amide bonds. The molecule has 4 heteroatoms. The van der Waals surface area contributed by atoms with E-state index in [4.69, 9.17) is 0 Å². The minimum Gasteiger partial charge on any atom is -0.367 e. The van der Waals surface area contributed by atoms with Gasteiger partial charge in [-0.3, -0.25) is 4.90 Å². The molecule has 2 rings (SSSR count). The number of halogens is 1. The minimum atomic E-state index is -0.0932. The standard InChI is InChI=1S/C16H26FN3/c1-3-7-19-8-10-20(11-9-19)16-6-5-14(12-15(16)17)13-18-4-2/h5-6,12,18H,3-4,7-11,13H2,1-2H3. The number of anilines is 1. The minimum absolute atomic E-state index is 0.0932. The molecule has 1 aliphatic heterocycles. The van der Waals surface area contributed by atoms with Crippen molar-refractivity contribution in [2.24, 2.45) is 0 Å². The van der Waals surface area contributed by atoms with Crippen LogP contribution < -0.4 is 10.2 Å². The van der Waals surface area contributed by atoms with Gasteiger partial charge in [0.15, 0.2) is 0 Å². The van der Waals surface area contributed by atoms with Crippen LogP contribution in [0.3, 0.4) is 0 Å². The molecule has 0 radical (unpaired) electrons. The summed E-state index contributed by atoms with van der Waals surface area (Å²) >= 11 is 0. The molecule has 1 aliphatic rings. The molecule has 112 valence electrons. The molecule has 1 fully saturated rings.